The van der Waals surface area contributed by atoms with Crippen LogP contribution in [0.25, 0.3) is 10.9 Å². The predicted molar refractivity (Wildman–Crippen MR) is 96.3 cm³/mol. The molecule has 1 fully saturated rings. The van der Waals surface area contributed by atoms with E-state index < -0.39 is 0 Å². The molecule has 1 aliphatic heterocycles. The molecule has 0 aliphatic carbocycles. The Hall–Kier alpha value is -2.27. The molecule has 0 spiro atoms. The molecule has 0 radical (unpaired) electrons. The number of amides is 1. The number of aryl methyl sites for hydroxylation is 1. The zero-order chi connectivity index (χ0) is 16.5. The molecular formula is C19H19N3OS. The van der Waals surface area contributed by atoms with Crippen molar-refractivity contribution in [2.24, 2.45) is 5.92 Å². The van der Waals surface area contributed by atoms with Gasteiger partial charge in [0.1, 0.15) is 4.88 Å². The fraction of sp³-hybridized carbons (Fsp3) is 0.316. The van der Waals surface area contributed by atoms with Crippen LogP contribution in [0.3, 0.4) is 0 Å². The van der Waals surface area contributed by atoms with Crippen LogP contribution < -0.4 is 0 Å². The number of hydrogen-bond acceptors (Lipinski definition) is 4. The molecule has 2 aromatic heterocycles. The minimum atomic E-state index is 0.133. The van der Waals surface area contributed by atoms with Crippen molar-refractivity contribution in [3.8, 4) is 0 Å². The molecule has 3 aromatic rings. The second-order valence-corrected chi connectivity index (χ2v) is 7.27. The molecule has 4 rings (SSSR count). The van der Waals surface area contributed by atoms with Gasteiger partial charge in [0.15, 0.2) is 0 Å². The maximum absolute atomic E-state index is 12.6. The van der Waals surface area contributed by atoms with E-state index in [2.05, 4.69) is 22.1 Å². The van der Waals surface area contributed by atoms with Gasteiger partial charge in [-0.2, -0.15) is 0 Å². The Morgan fingerprint density at radius 2 is 2.21 bits per heavy atom. The van der Waals surface area contributed by atoms with Gasteiger partial charge in [0.05, 0.1) is 16.7 Å². The summed E-state index contributed by atoms with van der Waals surface area (Å²) in [5.41, 5.74) is 4.87. The van der Waals surface area contributed by atoms with E-state index in [1.54, 1.807) is 5.51 Å². The van der Waals surface area contributed by atoms with Crippen molar-refractivity contribution in [2.45, 2.75) is 19.8 Å². The first-order valence-electron chi connectivity index (χ1n) is 8.24. The first-order chi connectivity index (χ1) is 11.7. The van der Waals surface area contributed by atoms with Crippen molar-refractivity contribution >= 4 is 28.1 Å². The van der Waals surface area contributed by atoms with Gasteiger partial charge in [-0.3, -0.25) is 9.78 Å². The monoisotopic (exact) mass is 337 g/mol. The summed E-state index contributed by atoms with van der Waals surface area (Å²) in [7, 11) is 0. The van der Waals surface area contributed by atoms with Gasteiger partial charge in [-0.1, -0.05) is 18.2 Å². The lowest BCUT2D eigenvalue weighted by Gasteiger charge is -2.16. The molecule has 4 nitrogen and oxygen atoms in total. The number of hydrogen-bond donors (Lipinski definition) is 0. The van der Waals surface area contributed by atoms with E-state index in [1.807, 2.05) is 36.2 Å². The van der Waals surface area contributed by atoms with Gasteiger partial charge in [-0.15, -0.1) is 11.3 Å². The van der Waals surface area contributed by atoms with E-state index in [-0.39, 0.29) is 5.91 Å². The third-order valence-electron chi connectivity index (χ3n) is 4.68. The summed E-state index contributed by atoms with van der Waals surface area (Å²) in [6.45, 7) is 3.56. The van der Waals surface area contributed by atoms with Crippen molar-refractivity contribution in [1.29, 1.82) is 0 Å². The summed E-state index contributed by atoms with van der Waals surface area (Å²) in [5, 5.41) is 1.18. The minimum absolute atomic E-state index is 0.133. The van der Waals surface area contributed by atoms with Crippen LogP contribution in [0.5, 0.6) is 0 Å². The Bertz CT molecular complexity index is 889. The van der Waals surface area contributed by atoms with Crippen LogP contribution in [-0.4, -0.2) is 33.9 Å². The molecule has 1 saturated heterocycles. The topological polar surface area (TPSA) is 46.1 Å². The molecule has 24 heavy (non-hydrogen) atoms. The van der Waals surface area contributed by atoms with E-state index in [0.717, 1.165) is 42.0 Å². The standard InChI is InChI=1S/C19H19N3OS/c1-13-18(24-12-21-13)19(23)22-7-6-14(11-22)8-15-9-16-4-2-3-5-17(16)20-10-15/h2-5,9-10,12,14H,6-8,11H2,1H3/t14-/m1/s1. The van der Waals surface area contributed by atoms with Crippen molar-refractivity contribution in [1.82, 2.24) is 14.9 Å². The van der Waals surface area contributed by atoms with Gasteiger partial charge in [0.2, 0.25) is 0 Å². The Balaban J connectivity index is 1.45. The second kappa shape index (κ2) is 6.32. The van der Waals surface area contributed by atoms with Gasteiger partial charge in [-0.25, -0.2) is 4.98 Å². The molecule has 0 saturated carbocycles. The highest BCUT2D eigenvalue weighted by Crippen LogP contribution is 2.25. The van der Waals surface area contributed by atoms with Crippen molar-refractivity contribution in [2.75, 3.05) is 13.1 Å². The zero-order valence-electron chi connectivity index (χ0n) is 13.6. The summed E-state index contributed by atoms with van der Waals surface area (Å²) >= 11 is 1.44. The third-order valence-corrected chi connectivity index (χ3v) is 5.60. The Labute approximate surface area is 145 Å². The quantitative estimate of drug-likeness (QED) is 0.732. The molecule has 0 unspecified atom stereocenters. The van der Waals surface area contributed by atoms with Crippen LogP contribution in [0.2, 0.25) is 0 Å². The lowest BCUT2D eigenvalue weighted by molar-refractivity contribution is 0.0791. The average molecular weight is 337 g/mol. The highest BCUT2D eigenvalue weighted by Gasteiger charge is 2.28. The Morgan fingerprint density at radius 1 is 1.33 bits per heavy atom. The number of benzene rings is 1. The van der Waals surface area contributed by atoms with Gasteiger partial charge in [0.25, 0.3) is 5.91 Å². The van der Waals surface area contributed by atoms with Crippen LogP contribution in [-0.2, 0) is 6.42 Å². The fourth-order valence-corrected chi connectivity index (χ4v) is 4.17. The van der Waals surface area contributed by atoms with E-state index in [9.17, 15) is 4.79 Å². The number of fused-ring (bicyclic) bond motifs is 1. The molecule has 0 N–H and O–H groups in total. The number of rotatable bonds is 3. The second-order valence-electron chi connectivity index (χ2n) is 6.41. The number of carbonyl (C=O) groups excluding carboxylic acids is 1. The van der Waals surface area contributed by atoms with Crippen LogP contribution >= 0.6 is 11.3 Å². The van der Waals surface area contributed by atoms with E-state index in [0.29, 0.717) is 5.92 Å². The zero-order valence-corrected chi connectivity index (χ0v) is 14.4. The molecule has 1 atom stereocenters. The van der Waals surface area contributed by atoms with Crippen molar-refractivity contribution in [3.63, 3.8) is 0 Å². The molecule has 0 bridgehead atoms. The molecule has 3 heterocycles. The first-order valence-corrected chi connectivity index (χ1v) is 9.11. The number of carbonyl (C=O) groups is 1. The number of pyridine rings is 1. The summed E-state index contributed by atoms with van der Waals surface area (Å²) < 4.78 is 0. The lowest BCUT2D eigenvalue weighted by atomic mass is 9.99. The molecule has 5 heteroatoms. The predicted octanol–water partition coefficient (Wildman–Crippen LogP) is 3.70. The summed E-state index contributed by atoms with van der Waals surface area (Å²) in [6.07, 6.45) is 4.00. The Morgan fingerprint density at radius 3 is 3.04 bits per heavy atom. The van der Waals surface area contributed by atoms with E-state index >= 15 is 0 Å². The van der Waals surface area contributed by atoms with Crippen LogP contribution in [0.4, 0.5) is 0 Å². The van der Waals surface area contributed by atoms with E-state index in [1.165, 1.54) is 22.3 Å². The fourth-order valence-electron chi connectivity index (χ4n) is 3.40. The van der Waals surface area contributed by atoms with Gasteiger partial charge < -0.3 is 4.90 Å². The highest BCUT2D eigenvalue weighted by molar-refractivity contribution is 7.11. The Kier molecular flexibility index (Phi) is 4.02. The normalized spacial score (nSPS) is 17.5. The number of para-hydroxylation sites is 1. The molecule has 122 valence electrons. The molecule has 1 amide bonds. The number of likely N-dealkylation sites (tertiary alicyclic amines) is 1. The van der Waals surface area contributed by atoms with Crippen LogP contribution in [0.15, 0.2) is 42.0 Å². The highest BCUT2D eigenvalue weighted by atomic mass is 32.1. The number of thiazole rings is 1. The molecular weight excluding hydrogens is 318 g/mol. The van der Waals surface area contributed by atoms with Crippen molar-refractivity contribution < 1.29 is 4.79 Å². The van der Waals surface area contributed by atoms with E-state index in [4.69, 9.17) is 0 Å². The number of nitrogens with zero attached hydrogens (tertiary/aromatic N) is 3. The minimum Gasteiger partial charge on any atom is -0.338 e. The van der Waals surface area contributed by atoms with Gasteiger partial charge in [0, 0.05) is 24.7 Å². The summed E-state index contributed by atoms with van der Waals surface area (Å²) in [6, 6.07) is 10.4. The van der Waals surface area contributed by atoms with Gasteiger partial charge in [-0.05, 0) is 43.4 Å². The smallest absolute Gasteiger partial charge is 0.265 e. The molecule has 1 aromatic carbocycles. The van der Waals surface area contributed by atoms with Crippen LogP contribution in [0.1, 0.15) is 27.3 Å². The number of aromatic nitrogens is 2. The van der Waals surface area contributed by atoms with Gasteiger partial charge >= 0.3 is 0 Å². The summed E-state index contributed by atoms with van der Waals surface area (Å²) in [5.74, 6) is 0.638. The van der Waals surface area contributed by atoms with Crippen LogP contribution in [0, 0.1) is 12.8 Å². The largest absolute Gasteiger partial charge is 0.338 e. The third kappa shape index (κ3) is 2.91. The lowest BCUT2D eigenvalue weighted by Crippen LogP contribution is -2.28. The maximum atomic E-state index is 12.6. The SMILES string of the molecule is Cc1ncsc1C(=O)N1CC[C@H](Cc2cnc3ccccc3c2)C1. The average Bonchev–Trinajstić information content (AvgIpc) is 3.23. The maximum Gasteiger partial charge on any atom is 0.265 e. The van der Waals surface area contributed by atoms with Crippen molar-refractivity contribution in [3.05, 3.63) is 58.2 Å². The molecule has 1 aliphatic rings. The first kappa shape index (κ1) is 15.3. The summed E-state index contributed by atoms with van der Waals surface area (Å²) in [4.78, 5) is 24.1.